The number of esters is 1. The number of aromatic nitrogens is 3. The summed E-state index contributed by atoms with van der Waals surface area (Å²) in [5, 5.41) is 7.74. The SMILES string of the molecule is CCc1nn2c(=O)cc(COC(=O)c3ccc(NC(=O)c4ccc(OC)c(OC)c4)cc3)nc2s1. The largest absolute Gasteiger partial charge is 0.493 e. The number of rotatable bonds is 8. The number of carbonyl (C=O) groups is 2. The Hall–Kier alpha value is -4.25. The second-order valence-corrected chi connectivity index (χ2v) is 8.35. The summed E-state index contributed by atoms with van der Waals surface area (Å²) in [6.07, 6.45) is 0.697. The molecule has 0 spiro atoms. The van der Waals surface area contributed by atoms with Gasteiger partial charge in [0, 0.05) is 17.3 Å². The molecule has 4 aromatic rings. The highest BCUT2D eigenvalue weighted by molar-refractivity contribution is 7.16. The van der Waals surface area contributed by atoms with Gasteiger partial charge in [0.1, 0.15) is 11.6 Å². The zero-order chi connectivity index (χ0) is 24.9. The molecule has 0 atom stereocenters. The number of nitrogens with zero attached hydrogens (tertiary/aromatic N) is 3. The molecule has 11 heteroatoms. The molecule has 0 aliphatic rings. The van der Waals surface area contributed by atoms with Gasteiger partial charge < -0.3 is 19.5 Å². The molecule has 0 fully saturated rings. The molecule has 0 bridgehead atoms. The molecule has 2 aromatic carbocycles. The van der Waals surface area contributed by atoms with Crippen LogP contribution in [0.4, 0.5) is 5.69 Å². The number of anilines is 1. The Morgan fingerprint density at radius 2 is 1.71 bits per heavy atom. The quantitative estimate of drug-likeness (QED) is 0.370. The van der Waals surface area contributed by atoms with E-state index in [9.17, 15) is 14.4 Å². The van der Waals surface area contributed by atoms with Crippen molar-refractivity contribution in [2.45, 2.75) is 20.0 Å². The van der Waals surface area contributed by atoms with Crippen molar-refractivity contribution in [3.05, 3.63) is 80.7 Å². The molecular formula is C24H22N4O6S. The molecule has 2 aromatic heterocycles. The number of aryl methyl sites for hydroxylation is 1. The standard InChI is InChI=1S/C24H22N4O6S/c1-4-20-27-28-21(29)12-17(26-24(28)35-20)13-34-23(31)14-5-8-16(9-6-14)25-22(30)15-7-10-18(32-2)19(11-15)33-3/h5-12H,4,13H2,1-3H3,(H,25,30). The molecule has 2 heterocycles. The summed E-state index contributed by atoms with van der Waals surface area (Å²) in [6, 6.07) is 12.4. The smallest absolute Gasteiger partial charge is 0.338 e. The number of benzene rings is 2. The van der Waals surface area contributed by atoms with Crippen molar-refractivity contribution in [3.63, 3.8) is 0 Å². The Bertz CT molecular complexity index is 1440. The number of nitrogens with one attached hydrogen (secondary N) is 1. The number of methoxy groups -OCH3 is 2. The summed E-state index contributed by atoms with van der Waals surface area (Å²) >= 11 is 1.32. The number of hydrogen-bond donors (Lipinski definition) is 1. The first kappa shape index (κ1) is 23.9. The van der Waals surface area contributed by atoms with Gasteiger partial charge in [0.25, 0.3) is 11.5 Å². The lowest BCUT2D eigenvalue weighted by Crippen LogP contribution is -2.16. The fourth-order valence-corrected chi connectivity index (χ4v) is 4.06. The van der Waals surface area contributed by atoms with Crippen molar-refractivity contribution >= 4 is 33.9 Å². The van der Waals surface area contributed by atoms with Crippen molar-refractivity contribution in [2.24, 2.45) is 0 Å². The number of ether oxygens (including phenoxy) is 3. The third kappa shape index (κ3) is 5.30. The minimum atomic E-state index is -0.580. The Labute approximate surface area is 204 Å². The van der Waals surface area contributed by atoms with E-state index >= 15 is 0 Å². The predicted octanol–water partition coefficient (Wildman–Crippen LogP) is 3.34. The predicted molar refractivity (Wildman–Crippen MR) is 130 cm³/mol. The fourth-order valence-electron chi connectivity index (χ4n) is 3.21. The van der Waals surface area contributed by atoms with Crippen LogP contribution in [0.5, 0.6) is 11.5 Å². The Morgan fingerprint density at radius 1 is 1.00 bits per heavy atom. The van der Waals surface area contributed by atoms with Gasteiger partial charge in [-0.25, -0.2) is 9.78 Å². The van der Waals surface area contributed by atoms with Gasteiger partial charge in [-0.2, -0.15) is 9.61 Å². The molecule has 0 radical (unpaired) electrons. The van der Waals surface area contributed by atoms with E-state index in [2.05, 4.69) is 15.4 Å². The molecular weight excluding hydrogens is 472 g/mol. The van der Waals surface area contributed by atoms with Crippen LogP contribution < -0.4 is 20.3 Å². The Kier molecular flexibility index (Phi) is 7.06. The van der Waals surface area contributed by atoms with E-state index in [1.54, 1.807) is 30.3 Å². The summed E-state index contributed by atoms with van der Waals surface area (Å²) in [5.74, 6) is 0.0346. The van der Waals surface area contributed by atoms with E-state index in [-0.39, 0.29) is 23.6 Å². The van der Waals surface area contributed by atoms with Gasteiger partial charge in [0.05, 0.1) is 25.5 Å². The molecule has 35 heavy (non-hydrogen) atoms. The van der Waals surface area contributed by atoms with Gasteiger partial charge in [0.2, 0.25) is 4.96 Å². The molecule has 0 saturated heterocycles. The molecule has 1 N–H and O–H groups in total. The molecule has 10 nitrogen and oxygen atoms in total. The Morgan fingerprint density at radius 3 is 2.40 bits per heavy atom. The number of carbonyl (C=O) groups excluding carboxylic acids is 2. The van der Waals surface area contributed by atoms with Crippen LogP contribution in [0.2, 0.25) is 0 Å². The molecule has 0 saturated carbocycles. The van der Waals surface area contributed by atoms with Gasteiger partial charge in [0.15, 0.2) is 11.5 Å². The molecule has 1 amide bonds. The Balaban J connectivity index is 1.39. The molecule has 0 unspecified atom stereocenters. The van der Waals surface area contributed by atoms with Gasteiger partial charge >= 0.3 is 5.97 Å². The monoisotopic (exact) mass is 494 g/mol. The van der Waals surface area contributed by atoms with Gasteiger partial charge in [-0.3, -0.25) is 9.59 Å². The van der Waals surface area contributed by atoms with Crippen LogP contribution in [0.3, 0.4) is 0 Å². The lowest BCUT2D eigenvalue weighted by molar-refractivity contribution is 0.0467. The summed E-state index contributed by atoms with van der Waals surface area (Å²) in [7, 11) is 3.01. The van der Waals surface area contributed by atoms with Gasteiger partial charge in [-0.1, -0.05) is 18.3 Å². The molecule has 0 aliphatic heterocycles. The van der Waals surface area contributed by atoms with Gasteiger partial charge in [-0.05, 0) is 48.9 Å². The second kappa shape index (κ2) is 10.3. The van der Waals surface area contributed by atoms with Crippen molar-refractivity contribution < 1.29 is 23.8 Å². The summed E-state index contributed by atoms with van der Waals surface area (Å²) in [4.78, 5) is 42.0. The maximum atomic E-state index is 12.6. The van der Waals surface area contributed by atoms with Crippen molar-refractivity contribution in [3.8, 4) is 11.5 Å². The molecule has 180 valence electrons. The third-order valence-corrected chi connectivity index (χ3v) is 6.07. The first-order chi connectivity index (χ1) is 16.9. The van der Waals surface area contributed by atoms with E-state index in [4.69, 9.17) is 14.2 Å². The van der Waals surface area contributed by atoms with Crippen LogP contribution in [-0.4, -0.2) is 40.7 Å². The number of fused-ring (bicyclic) bond motifs is 1. The van der Waals surface area contributed by atoms with E-state index in [0.717, 1.165) is 5.01 Å². The maximum Gasteiger partial charge on any atom is 0.338 e. The minimum Gasteiger partial charge on any atom is -0.493 e. The normalized spacial score (nSPS) is 10.7. The zero-order valence-electron chi connectivity index (χ0n) is 19.2. The lowest BCUT2D eigenvalue weighted by atomic mass is 10.1. The zero-order valence-corrected chi connectivity index (χ0v) is 20.0. The van der Waals surface area contributed by atoms with Crippen LogP contribution in [-0.2, 0) is 17.8 Å². The highest BCUT2D eigenvalue weighted by Crippen LogP contribution is 2.28. The average molecular weight is 495 g/mol. The van der Waals surface area contributed by atoms with Crippen LogP contribution in [0.15, 0.2) is 53.3 Å². The van der Waals surface area contributed by atoms with Crippen molar-refractivity contribution in [1.29, 1.82) is 0 Å². The fraction of sp³-hybridized carbons (Fsp3) is 0.208. The highest BCUT2D eigenvalue weighted by atomic mass is 32.1. The highest BCUT2D eigenvalue weighted by Gasteiger charge is 2.14. The van der Waals surface area contributed by atoms with E-state index in [0.29, 0.717) is 39.8 Å². The van der Waals surface area contributed by atoms with E-state index in [1.165, 1.54) is 48.3 Å². The van der Waals surface area contributed by atoms with Crippen LogP contribution in [0, 0.1) is 0 Å². The minimum absolute atomic E-state index is 0.151. The van der Waals surface area contributed by atoms with Crippen LogP contribution >= 0.6 is 11.3 Å². The lowest BCUT2D eigenvalue weighted by Gasteiger charge is -2.10. The first-order valence-corrected chi connectivity index (χ1v) is 11.4. The van der Waals surface area contributed by atoms with Crippen LogP contribution in [0.1, 0.15) is 38.3 Å². The maximum absolute atomic E-state index is 12.6. The molecule has 4 rings (SSSR count). The summed E-state index contributed by atoms with van der Waals surface area (Å²) in [6.45, 7) is 1.79. The van der Waals surface area contributed by atoms with Crippen molar-refractivity contribution in [2.75, 3.05) is 19.5 Å². The van der Waals surface area contributed by atoms with Crippen molar-refractivity contribution in [1.82, 2.24) is 14.6 Å². The topological polar surface area (TPSA) is 121 Å². The molecule has 0 aliphatic carbocycles. The van der Waals surface area contributed by atoms with E-state index in [1.807, 2.05) is 6.92 Å². The first-order valence-electron chi connectivity index (χ1n) is 10.6. The van der Waals surface area contributed by atoms with Crippen LogP contribution in [0.25, 0.3) is 4.96 Å². The number of hydrogen-bond acceptors (Lipinski definition) is 9. The summed E-state index contributed by atoms with van der Waals surface area (Å²) < 4.78 is 17.0. The second-order valence-electron chi connectivity index (χ2n) is 7.31. The summed E-state index contributed by atoms with van der Waals surface area (Å²) in [5.41, 5.74) is 1.19. The number of amides is 1. The van der Waals surface area contributed by atoms with E-state index < -0.39 is 5.97 Å². The third-order valence-electron chi connectivity index (χ3n) is 5.02. The van der Waals surface area contributed by atoms with Gasteiger partial charge in [-0.15, -0.1) is 0 Å². The average Bonchev–Trinajstić information content (AvgIpc) is 3.31.